The van der Waals surface area contributed by atoms with Gasteiger partial charge < -0.3 is 11.5 Å². The number of primary amides is 1. The predicted octanol–water partition coefficient (Wildman–Crippen LogP) is 0.882. The topological polar surface area (TPSA) is 72.3 Å². The number of nitrogens with zero attached hydrogens (tertiary/aromatic N) is 1. The van der Waals surface area contributed by atoms with Gasteiger partial charge in [0.1, 0.15) is 0 Å². The monoisotopic (exact) mass is 247 g/mol. The second kappa shape index (κ2) is 5.50. The van der Waals surface area contributed by atoms with Crippen LogP contribution in [-0.4, -0.2) is 29.9 Å². The first kappa shape index (κ1) is 13.1. The Morgan fingerprint density at radius 1 is 1.44 bits per heavy atom. The third-order valence-corrected chi connectivity index (χ3v) is 3.94. The molecule has 0 radical (unpaired) electrons. The van der Waals surface area contributed by atoms with E-state index in [1.165, 1.54) is 5.56 Å². The van der Waals surface area contributed by atoms with E-state index in [1.54, 1.807) is 0 Å². The van der Waals surface area contributed by atoms with Crippen LogP contribution in [0.15, 0.2) is 30.3 Å². The Balaban J connectivity index is 2.20. The van der Waals surface area contributed by atoms with Crippen molar-refractivity contribution in [3.8, 4) is 0 Å². The van der Waals surface area contributed by atoms with Crippen molar-refractivity contribution in [2.45, 2.75) is 25.4 Å². The summed E-state index contributed by atoms with van der Waals surface area (Å²) >= 11 is 0. The SMILES string of the molecule is C[C@@H](c1ccccc1)N1CC[C@@H](CN)[C@H]1C(N)=O. The molecule has 1 saturated heterocycles. The molecule has 18 heavy (non-hydrogen) atoms. The van der Waals surface area contributed by atoms with Crippen LogP contribution in [0.1, 0.15) is 24.9 Å². The van der Waals surface area contributed by atoms with Crippen LogP contribution in [0.3, 0.4) is 0 Å². The molecule has 1 heterocycles. The first-order valence-electron chi connectivity index (χ1n) is 6.45. The van der Waals surface area contributed by atoms with E-state index in [2.05, 4.69) is 24.0 Å². The van der Waals surface area contributed by atoms with Gasteiger partial charge >= 0.3 is 0 Å². The summed E-state index contributed by atoms with van der Waals surface area (Å²) in [5, 5.41) is 0. The Morgan fingerprint density at radius 3 is 2.67 bits per heavy atom. The normalized spacial score (nSPS) is 26.1. The zero-order chi connectivity index (χ0) is 13.1. The van der Waals surface area contributed by atoms with Crippen LogP contribution in [0.5, 0.6) is 0 Å². The number of amides is 1. The van der Waals surface area contributed by atoms with E-state index < -0.39 is 0 Å². The summed E-state index contributed by atoms with van der Waals surface area (Å²) in [4.78, 5) is 13.8. The lowest BCUT2D eigenvalue weighted by atomic mass is 9.98. The molecule has 0 aromatic heterocycles. The quantitative estimate of drug-likeness (QED) is 0.829. The van der Waals surface area contributed by atoms with E-state index >= 15 is 0 Å². The number of likely N-dealkylation sites (tertiary alicyclic amines) is 1. The number of carbonyl (C=O) groups is 1. The molecule has 3 atom stereocenters. The molecule has 1 aromatic rings. The summed E-state index contributed by atoms with van der Waals surface area (Å²) in [5.41, 5.74) is 12.5. The summed E-state index contributed by atoms with van der Waals surface area (Å²) in [5.74, 6) is -0.0700. The third kappa shape index (κ3) is 2.40. The molecule has 1 aliphatic rings. The van der Waals surface area contributed by atoms with Gasteiger partial charge in [-0.3, -0.25) is 9.69 Å². The molecule has 2 rings (SSSR count). The Labute approximate surface area is 108 Å². The van der Waals surface area contributed by atoms with E-state index in [-0.39, 0.29) is 23.9 Å². The summed E-state index contributed by atoms with van der Waals surface area (Å²) in [6.45, 7) is 3.52. The summed E-state index contributed by atoms with van der Waals surface area (Å²) in [6, 6.07) is 10.2. The lowest BCUT2D eigenvalue weighted by Gasteiger charge is -2.31. The molecule has 4 N–H and O–H groups in total. The van der Waals surface area contributed by atoms with Crippen LogP contribution in [0, 0.1) is 5.92 Å². The smallest absolute Gasteiger partial charge is 0.235 e. The van der Waals surface area contributed by atoms with Gasteiger partial charge in [-0.15, -0.1) is 0 Å². The Hall–Kier alpha value is -1.39. The van der Waals surface area contributed by atoms with Gasteiger partial charge in [0, 0.05) is 6.04 Å². The summed E-state index contributed by atoms with van der Waals surface area (Å²) < 4.78 is 0. The highest BCUT2D eigenvalue weighted by molar-refractivity contribution is 5.80. The zero-order valence-electron chi connectivity index (χ0n) is 10.8. The molecule has 0 saturated carbocycles. The average molecular weight is 247 g/mol. The maximum absolute atomic E-state index is 11.6. The second-order valence-electron chi connectivity index (χ2n) is 4.96. The zero-order valence-corrected chi connectivity index (χ0v) is 10.8. The van der Waals surface area contributed by atoms with Gasteiger partial charge in [-0.1, -0.05) is 30.3 Å². The minimum atomic E-state index is -0.259. The van der Waals surface area contributed by atoms with Crippen LogP contribution in [0.2, 0.25) is 0 Å². The van der Waals surface area contributed by atoms with Gasteiger partial charge in [0.05, 0.1) is 6.04 Å². The van der Waals surface area contributed by atoms with Crippen molar-refractivity contribution in [2.24, 2.45) is 17.4 Å². The van der Waals surface area contributed by atoms with E-state index in [1.807, 2.05) is 18.2 Å². The average Bonchev–Trinajstić information content (AvgIpc) is 2.82. The van der Waals surface area contributed by atoms with Gasteiger partial charge in [-0.25, -0.2) is 0 Å². The Kier molecular flexibility index (Phi) is 3.99. The maximum atomic E-state index is 11.6. The number of hydrogen-bond donors (Lipinski definition) is 2. The summed E-state index contributed by atoms with van der Waals surface area (Å²) in [7, 11) is 0. The molecular weight excluding hydrogens is 226 g/mol. The van der Waals surface area contributed by atoms with Crippen LogP contribution in [-0.2, 0) is 4.79 Å². The summed E-state index contributed by atoms with van der Waals surface area (Å²) in [6.07, 6.45) is 0.946. The molecule has 4 heteroatoms. The van der Waals surface area contributed by atoms with Crippen molar-refractivity contribution in [3.05, 3.63) is 35.9 Å². The van der Waals surface area contributed by atoms with Crippen molar-refractivity contribution in [1.29, 1.82) is 0 Å². The highest BCUT2D eigenvalue weighted by Gasteiger charge is 2.39. The Morgan fingerprint density at radius 2 is 2.11 bits per heavy atom. The van der Waals surface area contributed by atoms with Crippen molar-refractivity contribution in [3.63, 3.8) is 0 Å². The molecule has 0 aliphatic carbocycles. The molecule has 1 amide bonds. The minimum Gasteiger partial charge on any atom is -0.368 e. The number of benzene rings is 1. The predicted molar refractivity (Wildman–Crippen MR) is 71.7 cm³/mol. The first-order chi connectivity index (χ1) is 8.65. The number of rotatable bonds is 4. The minimum absolute atomic E-state index is 0.189. The van der Waals surface area contributed by atoms with Crippen molar-refractivity contribution in [2.75, 3.05) is 13.1 Å². The fourth-order valence-electron chi connectivity index (χ4n) is 2.88. The van der Waals surface area contributed by atoms with Crippen LogP contribution in [0.4, 0.5) is 0 Å². The lowest BCUT2D eigenvalue weighted by molar-refractivity contribution is -0.124. The molecule has 0 unspecified atom stereocenters. The van der Waals surface area contributed by atoms with Crippen molar-refractivity contribution < 1.29 is 4.79 Å². The number of nitrogens with two attached hydrogens (primary N) is 2. The van der Waals surface area contributed by atoms with Gasteiger partial charge in [0.25, 0.3) is 0 Å². The van der Waals surface area contributed by atoms with Crippen LogP contribution < -0.4 is 11.5 Å². The molecular formula is C14H21N3O. The molecule has 98 valence electrons. The molecule has 1 fully saturated rings. The molecule has 1 aliphatic heterocycles. The van der Waals surface area contributed by atoms with Crippen LogP contribution >= 0.6 is 0 Å². The lowest BCUT2D eigenvalue weighted by Crippen LogP contribution is -2.46. The fraction of sp³-hybridized carbons (Fsp3) is 0.500. The molecule has 0 spiro atoms. The third-order valence-electron chi connectivity index (χ3n) is 3.94. The molecule has 1 aromatic carbocycles. The highest BCUT2D eigenvalue weighted by Crippen LogP contribution is 2.32. The van der Waals surface area contributed by atoms with Crippen LogP contribution in [0.25, 0.3) is 0 Å². The number of hydrogen-bond acceptors (Lipinski definition) is 3. The first-order valence-corrected chi connectivity index (χ1v) is 6.45. The largest absolute Gasteiger partial charge is 0.368 e. The van der Waals surface area contributed by atoms with E-state index in [0.29, 0.717) is 6.54 Å². The van der Waals surface area contributed by atoms with Gasteiger partial charge in [-0.05, 0) is 37.9 Å². The van der Waals surface area contributed by atoms with E-state index in [9.17, 15) is 4.79 Å². The van der Waals surface area contributed by atoms with Gasteiger partial charge in [0.2, 0.25) is 5.91 Å². The van der Waals surface area contributed by atoms with Gasteiger partial charge in [0.15, 0.2) is 0 Å². The number of carbonyl (C=O) groups excluding carboxylic acids is 1. The van der Waals surface area contributed by atoms with Crippen molar-refractivity contribution >= 4 is 5.91 Å². The molecule has 0 bridgehead atoms. The second-order valence-corrected chi connectivity index (χ2v) is 4.96. The molecule has 4 nitrogen and oxygen atoms in total. The van der Waals surface area contributed by atoms with Gasteiger partial charge in [-0.2, -0.15) is 0 Å². The van der Waals surface area contributed by atoms with Crippen molar-refractivity contribution in [1.82, 2.24) is 4.90 Å². The Bertz CT molecular complexity index is 407. The van der Waals surface area contributed by atoms with E-state index in [4.69, 9.17) is 11.5 Å². The standard InChI is InChI=1S/C14H21N3O/c1-10(11-5-3-2-4-6-11)17-8-7-12(9-15)13(17)14(16)18/h2-6,10,12-13H,7-9,15H2,1H3,(H2,16,18)/t10-,12-,13-/m0/s1. The van der Waals surface area contributed by atoms with E-state index in [0.717, 1.165) is 13.0 Å². The highest BCUT2D eigenvalue weighted by atomic mass is 16.1. The fourth-order valence-corrected chi connectivity index (χ4v) is 2.88. The maximum Gasteiger partial charge on any atom is 0.235 e.